The zero-order valence-electron chi connectivity index (χ0n) is 12.7. The summed E-state index contributed by atoms with van der Waals surface area (Å²) in [5.74, 6) is 2.30. The van der Waals surface area contributed by atoms with Crippen molar-refractivity contribution < 1.29 is 9.47 Å². The fraction of sp³-hybridized carbons (Fsp3) is 0.375. The molecule has 21 heavy (non-hydrogen) atoms. The van der Waals surface area contributed by atoms with E-state index in [4.69, 9.17) is 9.47 Å². The van der Waals surface area contributed by atoms with E-state index in [2.05, 4.69) is 15.3 Å². The van der Waals surface area contributed by atoms with E-state index in [9.17, 15) is 0 Å². The third kappa shape index (κ3) is 3.84. The van der Waals surface area contributed by atoms with Crippen molar-refractivity contribution in [3.05, 3.63) is 30.6 Å². The first kappa shape index (κ1) is 15.1. The minimum Gasteiger partial charge on any atom is -0.490 e. The largest absolute Gasteiger partial charge is 0.490 e. The van der Waals surface area contributed by atoms with Gasteiger partial charge in [-0.2, -0.15) is 0 Å². The molecule has 0 fully saturated rings. The number of anilines is 1. The van der Waals surface area contributed by atoms with E-state index >= 15 is 0 Å². The predicted octanol–water partition coefficient (Wildman–Crippen LogP) is 3.37. The minimum atomic E-state index is 0.593. The maximum atomic E-state index is 5.65. The molecule has 2 rings (SSSR count). The van der Waals surface area contributed by atoms with E-state index < -0.39 is 0 Å². The van der Waals surface area contributed by atoms with Gasteiger partial charge < -0.3 is 14.8 Å². The second-order valence-electron chi connectivity index (χ2n) is 4.35. The Labute approximate surface area is 125 Å². The van der Waals surface area contributed by atoms with Gasteiger partial charge in [-0.05, 0) is 39.0 Å². The smallest absolute Gasteiger partial charge is 0.161 e. The topological polar surface area (TPSA) is 56.3 Å². The van der Waals surface area contributed by atoms with Crippen LogP contribution in [0.3, 0.4) is 0 Å². The average Bonchev–Trinajstić information content (AvgIpc) is 2.50. The lowest BCUT2D eigenvalue weighted by molar-refractivity contribution is 0.288. The second kappa shape index (κ2) is 7.47. The third-order valence-corrected chi connectivity index (χ3v) is 2.86. The standard InChI is InChI=1S/C16H21N3O2/c1-4-17-16-10-13(18-11-19-16)12-7-8-14(20-5-2)15(9-12)21-6-3/h7-11H,4-6H2,1-3H3,(H,17,18,19). The third-order valence-electron chi connectivity index (χ3n) is 2.86. The van der Waals surface area contributed by atoms with Crippen LogP contribution in [0.5, 0.6) is 11.5 Å². The van der Waals surface area contributed by atoms with Gasteiger partial charge in [0.2, 0.25) is 0 Å². The number of hydrogen-bond donors (Lipinski definition) is 1. The molecule has 0 spiro atoms. The van der Waals surface area contributed by atoms with Crippen LogP contribution < -0.4 is 14.8 Å². The Morgan fingerprint density at radius 1 is 0.952 bits per heavy atom. The van der Waals surface area contributed by atoms with Crippen LogP contribution in [0.1, 0.15) is 20.8 Å². The first-order valence-electron chi connectivity index (χ1n) is 7.24. The monoisotopic (exact) mass is 287 g/mol. The van der Waals surface area contributed by atoms with Gasteiger partial charge in [-0.25, -0.2) is 9.97 Å². The van der Waals surface area contributed by atoms with Crippen molar-refractivity contribution in [3.8, 4) is 22.8 Å². The number of benzene rings is 1. The van der Waals surface area contributed by atoms with E-state index in [-0.39, 0.29) is 0 Å². The number of nitrogens with one attached hydrogen (secondary N) is 1. The Bertz CT molecular complexity index is 587. The molecule has 0 amide bonds. The van der Waals surface area contributed by atoms with Gasteiger partial charge in [-0.15, -0.1) is 0 Å². The molecule has 0 bridgehead atoms. The maximum Gasteiger partial charge on any atom is 0.161 e. The van der Waals surface area contributed by atoms with Crippen LogP contribution in [0.4, 0.5) is 5.82 Å². The molecule has 0 aliphatic heterocycles. The Balaban J connectivity index is 2.34. The first-order chi connectivity index (χ1) is 10.3. The maximum absolute atomic E-state index is 5.65. The predicted molar refractivity (Wildman–Crippen MR) is 84.0 cm³/mol. The molecule has 5 nitrogen and oxygen atoms in total. The highest BCUT2D eigenvalue weighted by molar-refractivity contribution is 5.66. The van der Waals surface area contributed by atoms with Gasteiger partial charge in [0.15, 0.2) is 11.5 Å². The lowest BCUT2D eigenvalue weighted by atomic mass is 10.1. The highest BCUT2D eigenvalue weighted by atomic mass is 16.5. The van der Waals surface area contributed by atoms with Crippen LogP contribution in [-0.2, 0) is 0 Å². The van der Waals surface area contributed by atoms with Crippen LogP contribution in [0.15, 0.2) is 30.6 Å². The van der Waals surface area contributed by atoms with Crippen molar-refractivity contribution in [2.24, 2.45) is 0 Å². The average molecular weight is 287 g/mol. The number of hydrogen-bond acceptors (Lipinski definition) is 5. The van der Waals surface area contributed by atoms with Gasteiger partial charge in [0.1, 0.15) is 12.1 Å². The molecule has 0 aliphatic carbocycles. The fourth-order valence-electron chi connectivity index (χ4n) is 2.00. The van der Waals surface area contributed by atoms with Crippen molar-refractivity contribution in [1.82, 2.24) is 9.97 Å². The number of nitrogens with zero attached hydrogens (tertiary/aromatic N) is 2. The molecule has 1 N–H and O–H groups in total. The molecular formula is C16H21N3O2. The normalized spacial score (nSPS) is 10.2. The van der Waals surface area contributed by atoms with E-state index in [0.717, 1.165) is 35.1 Å². The Kier molecular flexibility index (Phi) is 5.37. The van der Waals surface area contributed by atoms with Crippen LogP contribution >= 0.6 is 0 Å². The molecule has 0 unspecified atom stereocenters. The Hall–Kier alpha value is -2.30. The second-order valence-corrected chi connectivity index (χ2v) is 4.35. The summed E-state index contributed by atoms with van der Waals surface area (Å²) >= 11 is 0. The number of ether oxygens (including phenoxy) is 2. The molecular weight excluding hydrogens is 266 g/mol. The first-order valence-corrected chi connectivity index (χ1v) is 7.24. The van der Waals surface area contributed by atoms with Crippen molar-refractivity contribution in [1.29, 1.82) is 0 Å². The molecule has 1 aromatic carbocycles. The summed E-state index contributed by atoms with van der Waals surface area (Å²) in [6, 6.07) is 7.77. The van der Waals surface area contributed by atoms with Crippen LogP contribution in [0, 0.1) is 0 Å². The van der Waals surface area contributed by atoms with Crippen LogP contribution in [0.25, 0.3) is 11.3 Å². The van der Waals surface area contributed by atoms with Crippen molar-refractivity contribution >= 4 is 5.82 Å². The van der Waals surface area contributed by atoms with E-state index in [0.29, 0.717) is 13.2 Å². The minimum absolute atomic E-state index is 0.593. The number of aromatic nitrogens is 2. The van der Waals surface area contributed by atoms with Crippen LogP contribution in [-0.4, -0.2) is 29.7 Å². The molecule has 5 heteroatoms. The Morgan fingerprint density at radius 2 is 1.71 bits per heavy atom. The van der Waals surface area contributed by atoms with Crippen molar-refractivity contribution in [3.63, 3.8) is 0 Å². The van der Waals surface area contributed by atoms with Gasteiger partial charge >= 0.3 is 0 Å². The summed E-state index contributed by atoms with van der Waals surface area (Å²) in [6.07, 6.45) is 1.56. The quantitative estimate of drug-likeness (QED) is 0.846. The molecule has 0 atom stereocenters. The van der Waals surface area contributed by atoms with Gasteiger partial charge in [-0.3, -0.25) is 0 Å². The van der Waals surface area contributed by atoms with Crippen molar-refractivity contribution in [2.75, 3.05) is 25.1 Å². The lowest BCUT2D eigenvalue weighted by Crippen LogP contribution is -2.01. The molecule has 0 saturated heterocycles. The summed E-state index contributed by atoms with van der Waals surface area (Å²) < 4.78 is 11.2. The lowest BCUT2D eigenvalue weighted by Gasteiger charge is -2.12. The zero-order chi connectivity index (χ0) is 15.1. The van der Waals surface area contributed by atoms with Gasteiger partial charge in [0.05, 0.1) is 18.9 Å². The van der Waals surface area contributed by atoms with Gasteiger partial charge in [0.25, 0.3) is 0 Å². The highest BCUT2D eigenvalue weighted by Gasteiger charge is 2.09. The Morgan fingerprint density at radius 3 is 2.43 bits per heavy atom. The zero-order valence-corrected chi connectivity index (χ0v) is 12.7. The fourth-order valence-corrected chi connectivity index (χ4v) is 2.00. The summed E-state index contributed by atoms with van der Waals surface area (Å²) in [5.41, 5.74) is 1.83. The van der Waals surface area contributed by atoms with Crippen LogP contribution in [0.2, 0.25) is 0 Å². The molecule has 1 aromatic heterocycles. The van der Waals surface area contributed by atoms with Crippen molar-refractivity contribution in [2.45, 2.75) is 20.8 Å². The summed E-state index contributed by atoms with van der Waals surface area (Å²) in [4.78, 5) is 8.50. The van der Waals surface area contributed by atoms with E-state index in [1.54, 1.807) is 6.33 Å². The molecule has 1 heterocycles. The highest BCUT2D eigenvalue weighted by Crippen LogP contribution is 2.32. The summed E-state index contributed by atoms with van der Waals surface area (Å²) in [7, 11) is 0. The van der Waals surface area contributed by atoms with E-state index in [1.807, 2.05) is 45.0 Å². The summed E-state index contributed by atoms with van der Waals surface area (Å²) in [6.45, 7) is 7.97. The van der Waals surface area contributed by atoms with E-state index in [1.165, 1.54) is 0 Å². The molecule has 2 aromatic rings. The SMILES string of the molecule is CCNc1cc(-c2ccc(OCC)c(OCC)c2)ncn1. The summed E-state index contributed by atoms with van der Waals surface area (Å²) in [5, 5.41) is 3.18. The molecule has 0 saturated carbocycles. The molecule has 112 valence electrons. The number of rotatable bonds is 7. The molecule has 0 radical (unpaired) electrons. The molecule has 0 aliphatic rings. The van der Waals surface area contributed by atoms with Gasteiger partial charge in [-0.1, -0.05) is 0 Å². The van der Waals surface area contributed by atoms with Gasteiger partial charge in [0, 0.05) is 18.2 Å².